The van der Waals surface area contributed by atoms with Gasteiger partial charge in [-0.2, -0.15) is 5.10 Å². The van der Waals surface area contributed by atoms with Crippen molar-refractivity contribution in [3.63, 3.8) is 0 Å². The van der Waals surface area contributed by atoms with Crippen molar-refractivity contribution in [1.29, 1.82) is 0 Å². The lowest BCUT2D eigenvalue weighted by Crippen LogP contribution is -2.28. The Kier molecular flexibility index (Phi) is 4.15. The fourth-order valence-electron chi connectivity index (χ4n) is 1.72. The van der Waals surface area contributed by atoms with Crippen LogP contribution in [0.3, 0.4) is 0 Å². The molecule has 1 amide bonds. The zero-order valence-corrected chi connectivity index (χ0v) is 11.1. The predicted molar refractivity (Wildman–Crippen MR) is 71.5 cm³/mol. The van der Waals surface area contributed by atoms with Gasteiger partial charge in [0.25, 0.3) is 5.91 Å². The number of carbonyl (C=O) groups is 1. The van der Waals surface area contributed by atoms with E-state index in [-0.39, 0.29) is 11.4 Å². The summed E-state index contributed by atoms with van der Waals surface area (Å²) in [6.45, 7) is 2.54. The van der Waals surface area contributed by atoms with E-state index < -0.39 is 10.8 Å². The Hall–Kier alpha value is -1.90. The molecule has 102 valence electrons. The van der Waals surface area contributed by atoms with Gasteiger partial charge in [-0.05, 0) is 6.42 Å². The molecule has 0 atom stereocenters. The Morgan fingerprint density at radius 2 is 2.42 bits per heavy atom. The minimum absolute atomic E-state index is 0.191. The van der Waals surface area contributed by atoms with Gasteiger partial charge in [0.05, 0.1) is 11.5 Å². The van der Waals surface area contributed by atoms with Crippen LogP contribution in [-0.4, -0.2) is 38.5 Å². The minimum Gasteiger partial charge on any atom is -0.300 e. The summed E-state index contributed by atoms with van der Waals surface area (Å²) in [5.74, 6) is 0.206. The van der Waals surface area contributed by atoms with Gasteiger partial charge in [-0.15, -0.1) is 0 Å². The van der Waals surface area contributed by atoms with E-state index in [4.69, 9.17) is 0 Å². The molecule has 1 aromatic rings. The second kappa shape index (κ2) is 5.83. The molecule has 0 saturated carbocycles. The number of carbonyl (C=O) groups excluding carboxylic acids is 1. The number of amidine groups is 1. The van der Waals surface area contributed by atoms with E-state index in [1.807, 2.05) is 6.92 Å². The van der Waals surface area contributed by atoms with E-state index in [0.717, 1.165) is 12.2 Å². The normalized spacial score (nSPS) is 14.3. The third kappa shape index (κ3) is 2.92. The Labute approximate surface area is 113 Å². The number of aryl methyl sites for hydroxylation is 1. The Morgan fingerprint density at radius 3 is 3.00 bits per heavy atom. The summed E-state index contributed by atoms with van der Waals surface area (Å²) >= 11 is 1.41. The van der Waals surface area contributed by atoms with E-state index >= 15 is 0 Å². The summed E-state index contributed by atoms with van der Waals surface area (Å²) in [5.41, 5.74) is -0.0646. The number of hydrogen-bond acceptors (Lipinski definition) is 6. The van der Waals surface area contributed by atoms with E-state index in [1.54, 1.807) is 0 Å². The summed E-state index contributed by atoms with van der Waals surface area (Å²) in [5, 5.41) is 20.4. The van der Waals surface area contributed by atoms with Gasteiger partial charge >= 0.3 is 5.69 Å². The van der Waals surface area contributed by atoms with Crippen LogP contribution in [0.1, 0.15) is 29.5 Å². The Balaban J connectivity index is 2.23. The number of H-pyrrole nitrogens is 1. The Morgan fingerprint density at radius 1 is 1.63 bits per heavy atom. The van der Waals surface area contributed by atoms with E-state index in [0.29, 0.717) is 23.8 Å². The summed E-state index contributed by atoms with van der Waals surface area (Å²) in [6.07, 6.45) is 1.21. The predicted octanol–water partition coefficient (Wildman–Crippen LogP) is 1.10. The molecular formula is C10H13N5O3S. The van der Waals surface area contributed by atoms with Crippen LogP contribution in [0.5, 0.6) is 0 Å². The molecule has 8 nitrogen and oxygen atoms in total. The fraction of sp³-hybridized carbons (Fsp3) is 0.500. The van der Waals surface area contributed by atoms with Crippen LogP contribution >= 0.6 is 11.8 Å². The molecule has 1 aromatic heterocycles. The lowest BCUT2D eigenvalue weighted by atomic mass is 10.2. The highest BCUT2D eigenvalue weighted by Crippen LogP contribution is 2.22. The van der Waals surface area contributed by atoms with Gasteiger partial charge in [-0.3, -0.25) is 30.3 Å². The third-order valence-electron chi connectivity index (χ3n) is 2.52. The maximum atomic E-state index is 12.0. The van der Waals surface area contributed by atoms with Crippen LogP contribution in [0.4, 0.5) is 5.69 Å². The van der Waals surface area contributed by atoms with Crippen LogP contribution in [0.2, 0.25) is 0 Å². The van der Waals surface area contributed by atoms with Crippen molar-refractivity contribution >= 4 is 28.5 Å². The summed E-state index contributed by atoms with van der Waals surface area (Å²) in [7, 11) is 0. The first kappa shape index (κ1) is 13.5. The molecule has 1 aliphatic rings. The zero-order chi connectivity index (χ0) is 13.8. The minimum atomic E-state index is -0.599. The highest BCUT2D eigenvalue weighted by molar-refractivity contribution is 8.14. The van der Waals surface area contributed by atoms with Gasteiger partial charge in [0.15, 0.2) is 5.17 Å². The monoisotopic (exact) mass is 283 g/mol. The highest BCUT2D eigenvalue weighted by Gasteiger charge is 2.29. The van der Waals surface area contributed by atoms with Crippen LogP contribution in [-0.2, 0) is 6.42 Å². The van der Waals surface area contributed by atoms with Crippen LogP contribution in [0.15, 0.2) is 4.99 Å². The number of aliphatic imine (C=N–C) groups is 1. The van der Waals surface area contributed by atoms with E-state index in [2.05, 4.69) is 20.5 Å². The summed E-state index contributed by atoms with van der Waals surface area (Å²) in [4.78, 5) is 26.5. The molecule has 2 heterocycles. The number of rotatable bonds is 4. The maximum Gasteiger partial charge on any atom is 0.322 e. The molecular weight excluding hydrogens is 270 g/mol. The van der Waals surface area contributed by atoms with Crippen molar-refractivity contribution in [2.24, 2.45) is 4.99 Å². The van der Waals surface area contributed by atoms with Crippen molar-refractivity contribution in [1.82, 2.24) is 15.5 Å². The number of aromatic nitrogens is 2. The maximum absolute atomic E-state index is 12.0. The average molecular weight is 283 g/mol. The molecule has 0 aromatic carbocycles. The lowest BCUT2D eigenvalue weighted by Gasteiger charge is -2.00. The van der Waals surface area contributed by atoms with Crippen LogP contribution in [0, 0.1) is 10.1 Å². The van der Waals surface area contributed by atoms with Crippen molar-refractivity contribution in [3.8, 4) is 0 Å². The van der Waals surface area contributed by atoms with Crippen molar-refractivity contribution in [2.75, 3.05) is 12.3 Å². The lowest BCUT2D eigenvalue weighted by molar-refractivity contribution is -0.385. The molecule has 0 bridgehead atoms. The summed E-state index contributed by atoms with van der Waals surface area (Å²) in [6, 6.07) is 0. The number of nitro groups is 1. The molecule has 0 radical (unpaired) electrons. The molecule has 2 rings (SSSR count). The first-order chi connectivity index (χ1) is 9.13. The highest BCUT2D eigenvalue weighted by atomic mass is 32.2. The molecule has 9 heteroatoms. The van der Waals surface area contributed by atoms with E-state index in [1.165, 1.54) is 11.8 Å². The topological polar surface area (TPSA) is 113 Å². The van der Waals surface area contributed by atoms with Gasteiger partial charge < -0.3 is 0 Å². The molecule has 0 saturated heterocycles. The molecule has 0 aliphatic carbocycles. The second-order valence-corrected chi connectivity index (χ2v) is 4.98. The molecule has 0 unspecified atom stereocenters. The quantitative estimate of drug-likeness (QED) is 0.634. The van der Waals surface area contributed by atoms with Gasteiger partial charge in [0.2, 0.25) is 5.69 Å². The van der Waals surface area contributed by atoms with Gasteiger partial charge in [-0.25, -0.2) is 0 Å². The number of nitrogens with zero attached hydrogens (tertiary/aromatic N) is 3. The fourth-order valence-corrected chi connectivity index (χ4v) is 2.44. The van der Waals surface area contributed by atoms with Gasteiger partial charge in [0.1, 0.15) is 5.69 Å². The third-order valence-corrected chi connectivity index (χ3v) is 3.41. The smallest absolute Gasteiger partial charge is 0.300 e. The number of nitrogens with one attached hydrogen (secondary N) is 2. The standard InChI is InChI=1S/C10H13N5O3S/c1-2-3-6-8(15(17)18)7(14-13-6)9(16)12-10-11-4-5-19-10/h2-5H2,1H3,(H,13,14)(H,11,12,16). The SMILES string of the molecule is CCCc1[nH]nc(C(=O)NC2=NCCS2)c1[N+](=O)[O-]. The van der Waals surface area contributed by atoms with Gasteiger partial charge in [-0.1, -0.05) is 25.1 Å². The molecule has 2 N–H and O–H groups in total. The number of aromatic amines is 1. The zero-order valence-electron chi connectivity index (χ0n) is 10.3. The molecule has 1 aliphatic heterocycles. The van der Waals surface area contributed by atoms with Crippen molar-refractivity contribution in [3.05, 3.63) is 21.5 Å². The second-order valence-electron chi connectivity index (χ2n) is 3.90. The van der Waals surface area contributed by atoms with Crippen molar-refractivity contribution < 1.29 is 9.72 Å². The first-order valence-electron chi connectivity index (χ1n) is 5.83. The average Bonchev–Trinajstić information content (AvgIpc) is 2.98. The van der Waals surface area contributed by atoms with Crippen molar-refractivity contribution in [2.45, 2.75) is 19.8 Å². The molecule has 0 fully saturated rings. The molecule has 19 heavy (non-hydrogen) atoms. The van der Waals surface area contributed by atoms with Crippen LogP contribution in [0.25, 0.3) is 0 Å². The number of amides is 1. The number of thioether (sulfide) groups is 1. The Bertz CT molecular complexity index is 539. The van der Waals surface area contributed by atoms with E-state index in [9.17, 15) is 14.9 Å². The molecule has 0 spiro atoms. The van der Waals surface area contributed by atoms with Gasteiger partial charge in [0, 0.05) is 5.75 Å². The number of hydrogen-bond donors (Lipinski definition) is 2. The first-order valence-corrected chi connectivity index (χ1v) is 6.82. The largest absolute Gasteiger partial charge is 0.322 e. The van der Waals surface area contributed by atoms with Crippen LogP contribution < -0.4 is 5.32 Å². The summed E-state index contributed by atoms with van der Waals surface area (Å²) < 4.78 is 0.